The van der Waals surface area contributed by atoms with Gasteiger partial charge in [0.25, 0.3) is 0 Å². The van der Waals surface area contributed by atoms with Crippen LogP contribution in [0, 0.1) is 0 Å². The summed E-state index contributed by atoms with van der Waals surface area (Å²) in [6.07, 6.45) is -0.0907. The number of methoxy groups -OCH3 is 1. The van der Waals surface area contributed by atoms with Crippen LogP contribution >= 0.6 is 0 Å². The molecule has 0 spiro atoms. The summed E-state index contributed by atoms with van der Waals surface area (Å²) in [5.41, 5.74) is 0.777. The van der Waals surface area contributed by atoms with Gasteiger partial charge in [0.05, 0.1) is 7.11 Å². The van der Waals surface area contributed by atoms with Crippen LogP contribution < -0.4 is 5.32 Å². The van der Waals surface area contributed by atoms with Gasteiger partial charge in [0.15, 0.2) is 0 Å². The van der Waals surface area contributed by atoms with Crippen LogP contribution in [0.2, 0.25) is 0 Å². The van der Waals surface area contributed by atoms with Crippen LogP contribution in [0.5, 0.6) is 0 Å². The van der Waals surface area contributed by atoms with Crippen LogP contribution in [-0.2, 0) is 14.3 Å². The van der Waals surface area contributed by atoms with Crippen LogP contribution in [0.25, 0.3) is 0 Å². The smallest absolute Gasteiger partial charge is 0.326 e. The minimum Gasteiger partial charge on any atom is -0.480 e. The summed E-state index contributed by atoms with van der Waals surface area (Å²) in [6.45, 7) is 5.75. The fraction of sp³-hybridized carbons (Fsp3) is 0.583. The second kappa shape index (κ2) is 8.12. The van der Waals surface area contributed by atoms with Gasteiger partial charge in [0.2, 0.25) is 0 Å². The van der Waals surface area contributed by atoms with E-state index in [1.165, 1.54) is 19.1 Å². The normalized spacial score (nSPS) is 11.3. The molecule has 0 aromatic rings. The number of ether oxygens (including phenoxy) is 1. The van der Waals surface area contributed by atoms with Crippen molar-refractivity contribution in [3.05, 3.63) is 12.2 Å². The van der Waals surface area contributed by atoms with Crippen molar-refractivity contribution in [3.8, 4) is 0 Å². The second-order valence-electron chi connectivity index (χ2n) is 4.27. The molecule has 0 radical (unpaired) electrons. The number of hydrogen-bond donors (Lipinski definition) is 2. The van der Waals surface area contributed by atoms with Crippen LogP contribution in [0.3, 0.4) is 0 Å². The molecule has 2 N–H and O–H groups in total. The van der Waals surface area contributed by atoms with E-state index < -0.39 is 24.0 Å². The number of likely N-dealkylation sites (N-methyl/N-ethyl adjacent to an activating group) is 1. The van der Waals surface area contributed by atoms with E-state index in [1.54, 1.807) is 6.92 Å². The highest BCUT2D eigenvalue weighted by Crippen LogP contribution is 2.01. The van der Waals surface area contributed by atoms with Crippen molar-refractivity contribution >= 4 is 18.0 Å². The Bertz CT molecular complexity index is 367. The summed E-state index contributed by atoms with van der Waals surface area (Å²) in [6, 6.07) is -1.65. The molecule has 0 aromatic carbocycles. The summed E-state index contributed by atoms with van der Waals surface area (Å²) in [5, 5.41) is 11.3. The third kappa shape index (κ3) is 7.07. The summed E-state index contributed by atoms with van der Waals surface area (Å²) in [5.74, 6) is -1.71. The largest absolute Gasteiger partial charge is 0.480 e. The fourth-order valence-electron chi connectivity index (χ4n) is 1.36. The number of urea groups is 1. The lowest BCUT2D eigenvalue weighted by molar-refractivity contribution is -0.142. The lowest BCUT2D eigenvalue weighted by Gasteiger charge is -2.21. The Balaban J connectivity index is 4.41. The zero-order valence-electron chi connectivity index (χ0n) is 11.4. The summed E-state index contributed by atoms with van der Waals surface area (Å²) in [7, 11) is 2.75. The van der Waals surface area contributed by atoms with Crippen molar-refractivity contribution in [2.45, 2.75) is 25.8 Å². The highest BCUT2D eigenvalue weighted by Gasteiger charge is 2.22. The molecule has 2 amide bonds. The Hall–Kier alpha value is -2.05. The minimum atomic E-state index is -1.19. The van der Waals surface area contributed by atoms with Crippen molar-refractivity contribution < 1.29 is 24.2 Å². The minimum absolute atomic E-state index is 0.0192. The van der Waals surface area contributed by atoms with Gasteiger partial charge >= 0.3 is 18.0 Å². The molecule has 0 aromatic heterocycles. The van der Waals surface area contributed by atoms with Gasteiger partial charge < -0.3 is 20.1 Å². The molecule has 0 saturated heterocycles. The van der Waals surface area contributed by atoms with Gasteiger partial charge in [-0.05, 0) is 13.3 Å². The van der Waals surface area contributed by atoms with Gasteiger partial charge in [0, 0.05) is 20.0 Å². The second-order valence-corrected chi connectivity index (χ2v) is 4.27. The van der Waals surface area contributed by atoms with E-state index in [2.05, 4.69) is 16.6 Å². The number of carbonyl (C=O) groups excluding carboxylic acids is 2. The highest BCUT2D eigenvalue weighted by atomic mass is 16.5. The van der Waals surface area contributed by atoms with Crippen LogP contribution in [-0.4, -0.2) is 54.7 Å². The molecule has 0 rings (SSSR count). The quantitative estimate of drug-likeness (QED) is 0.523. The number of aliphatic carboxylic acids is 1. The van der Waals surface area contributed by atoms with Gasteiger partial charge in [-0.3, -0.25) is 4.79 Å². The standard InChI is InChI=1S/C12H20N2O5/c1-8(2)7-14(3)12(18)13-9(11(16)17)5-6-10(15)19-4/h9H,1,5-7H2,2-4H3,(H,13,18)(H,16,17)/t9-/m0/s1. The molecule has 1 atom stereocenters. The van der Waals surface area contributed by atoms with Crippen LogP contribution in [0.1, 0.15) is 19.8 Å². The van der Waals surface area contributed by atoms with Crippen LogP contribution in [0.4, 0.5) is 4.79 Å². The van der Waals surface area contributed by atoms with Crippen molar-refractivity contribution in [2.75, 3.05) is 20.7 Å². The van der Waals surface area contributed by atoms with E-state index in [4.69, 9.17) is 5.11 Å². The lowest BCUT2D eigenvalue weighted by Crippen LogP contribution is -2.47. The number of nitrogens with zero attached hydrogens (tertiary/aromatic N) is 1. The van der Waals surface area contributed by atoms with Gasteiger partial charge in [-0.2, -0.15) is 0 Å². The number of nitrogens with one attached hydrogen (secondary N) is 1. The van der Waals surface area contributed by atoms with E-state index in [9.17, 15) is 14.4 Å². The van der Waals surface area contributed by atoms with E-state index in [-0.39, 0.29) is 12.8 Å². The summed E-state index contributed by atoms with van der Waals surface area (Å²) in [4.78, 5) is 34.9. The predicted molar refractivity (Wildman–Crippen MR) is 68.6 cm³/mol. The Kier molecular flexibility index (Phi) is 7.25. The number of carboxylic acids is 1. The molecule has 0 saturated carbocycles. The maximum Gasteiger partial charge on any atom is 0.326 e. The third-order valence-corrected chi connectivity index (χ3v) is 2.31. The Morgan fingerprint density at radius 1 is 1.42 bits per heavy atom. The molecule has 19 heavy (non-hydrogen) atoms. The number of amides is 2. The molecule has 0 bridgehead atoms. The van der Waals surface area contributed by atoms with Gasteiger partial charge in [-0.15, -0.1) is 0 Å². The Morgan fingerprint density at radius 2 is 2.00 bits per heavy atom. The maximum absolute atomic E-state index is 11.7. The monoisotopic (exact) mass is 272 g/mol. The molecule has 0 aliphatic rings. The Morgan fingerprint density at radius 3 is 2.42 bits per heavy atom. The zero-order chi connectivity index (χ0) is 15.0. The molecule has 0 aliphatic carbocycles. The first-order valence-corrected chi connectivity index (χ1v) is 5.73. The molecule has 108 valence electrons. The number of carboxylic acid groups (broad SMARTS) is 1. The lowest BCUT2D eigenvalue weighted by atomic mass is 10.1. The van der Waals surface area contributed by atoms with E-state index in [1.807, 2.05) is 0 Å². The fourth-order valence-corrected chi connectivity index (χ4v) is 1.36. The average Bonchev–Trinajstić information content (AvgIpc) is 2.32. The zero-order valence-corrected chi connectivity index (χ0v) is 11.4. The van der Waals surface area contributed by atoms with Crippen LogP contribution in [0.15, 0.2) is 12.2 Å². The number of esters is 1. The molecule has 0 heterocycles. The average molecular weight is 272 g/mol. The highest BCUT2D eigenvalue weighted by molar-refractivity contribution is 5.83. The van der Waals surface area contributed by atoms with Crippen molar-refractivity contribution in [1.29, 1.82) is 0 Å². The summed E-state index contributed by atoms with van der Waals surface area (Å²) < 4.78 is 4.42. The molecule has 7 heteroatoms. The number of carbonyl (C=O) groups is 3. The van der Waals surface area contributed by atoms with Crippen molar-refractivity contribution in [3.63, 3.8) is 0 Å². The van der Waals surface area contributed by atoms with Crippen molar-refractivity contribution in [1.82, 2.24) is 10.2 Å². The first-order chi connectivity index (χ1) is 8.77. The SMILES string of the molecule is C=C(C)CN(C)C(=O)N[C@@H](CCC(=O)OC)C(=O)O. The third-order valence-electron chi connectivity index (χ3n) is 2.31. The Labute approximate surface area is 112 Å². The first kappa shape index (κ1) is 16.9. The number of rotatable bonds is 7. The molecule has 0 fully saturated rings. The molecule has 0 aliphatic heterocycles. The van der Waals surface area contributed by atoms with Gasteiger partial charge in [-0.1, -0.05) is 12.2 Å². The molecule has 0 unspecified atom stereocenters. The molecular weight excluding hydrogens is 252 g/mol. The predicted octanol–water partition coefficient (Wildman–Crippen LogP) is 0.610. The molecule has 7 nitrogen and oxygen atoms in total. The molecular formula is C12H20N2O5. The van der Waals surface area contributed by atoms with E-state index in [0.29, 0.717) is 6.54 Å². The van der Waals surface area contributed by atoms with Gasteiger partial charge in [0.1, 0.15) is 6.04 Å². The maximum atomic E-state index is 11.7. The summed E-state index contributed by atoms with van der Waals surface area (Å²) >= 11 is 0. The number of hydrogen-bond acceptors (Lipinski definition) is 4. The first-order valence-electron chi connectivity index (χ1n) is 5.73. The van der Waals surface area contributed by atoms with Gasteiger partial charge in [-0.25, -0.2) is 9.59 Å². The van der Waals surface area contributed by atoms with E-state index >= 15 is 0 Å². The topological polar surface area (TPSA) is 95.9 Å². The van der Waals surface area contributed by atoms with E-state index in [0.717, 1.165) is 5.57 Å². The van der Waals surface area contributed by atoms with Crippen molar-refractivity contribution in [2.24, 2.45) is 0 Å².